The Morgan fingerprint density at radius 2 is 1.75 bits per heavy atom. The first-order valence-electron chi connectivity index (χ1n) is 12.0. The molecule has 0 aromatic heterocycles. The van der Waals surface area contributed by atoms with Crippen molar-refractivity contribution in [2.45, 2.75) is 52.2 Å². The molecule has 5 nitrogen and oxygen atoms in total. The summed E-state index contributed by atoms with van der Waals surface area (Å²) in [6, 6.07) is 21.9. The van der Waals surface area contributed by atoms with Crippen molar-refractivity contribution in [1.82, 2.24) is 10.2 Å². The molecular formula is C29H32BrClN2O3. The van der Waals surface area contributed by atoms with E-state index in [9.17, 15) is 9.59 Å². The number of halogens is 2. The summed E-state index contributed by atoms with van der Waals surface area (Å²) in [5.74, 6) is 0.0919. The van der Waals surface area contributed by atoms with Gasteiger partial charge in [0.1, 0.15) is 11.8 Å². The van der Waals surface area contributed by atoms with Crippen LogP contribution >= 0.6 is 27.5 Å². The molecule has 3 aromatic carbocycles. The molecule has 7 heteroatoms. The van der Waals surface area contributed by atoms with Crippen LogP contribution in [-0.4, -0.2) is 35.4 Å². The number of nitrogens with zero attached hydrogens (tertiary/aromatic N) is 1. The predicted octanol–water partition coefficient (Wildman–Crippen LogP) is 6.34. The van der Waals surface area contributed by atoms with Crippen molar-refractivity contribution in [3.63, 3.8) is 0 Å². The highest BCUT2D eigenvalue weighted by atomic mass is 79.9. The lowest BCUT2D eigenvalue weighted by Gasteiger charge is -2.32. The van der Waals surface area contributed by atoms with E-state index in [4.69, 9.17) is 16.3 Å². The van der Waals surface area contributed by atoms with Crippen molar-refractivity contribution in [2.75, 3.05) is 6.61 Å². The zero-order valence-electron chi connectivity index (χ0n) is 20.8. The number of ether oxygens (including phenoxy) is 1. The van der Waals surface area contributed by atoms with Crippen molar-refractivity contribution < 1.29 is 14.3 Å². The van der Waals surface area contributed by atoms with Crippen molar-refractivity contribution in [3.05, 3.63) is 99.0 Å². The van der Waals surface area contributed by atoms with Crippen LogP contribution in [0.15, 0.2) is 77.3 Å². The van der Waals surface area contributed by atoms with Gasteiger partial charge in [0, 0.05) is 28.5 Å². The number of nitrogens with one attached hydrogen (secondary N) is 1. The fourth-order valence-electron chi connectivity index (χ4n) is 3.74. The van der Waals surface area contributed by atoms with Crippen LogP contribution in [-0.2, 0) is 22.6 Å². The maximum absolute atomic E-state index is 13.6. The molecule has 0 spiro atoms. The largest absolute Gasteiger partial charge is 0.484 e. The maximum atomic E-state index is 13.6. The van der Waals surface area contributed by atoms with E-state index in [0.717, 1.165) is 27.6 Å². The zero-order chi connectivity index (χ0) is 26.1. The van der Waals surface area contributed by atoms with Crippen molar-refractivity contribution in [3.8, 4) is 5.75 Å². The van der Waals surface area contributed by atoms with Crippen LogP contribution in [0.25, 0.3) is 0 Å². The minimum atomic E-state index is -0.736. The van der Waals surface area contributed by atoms with Gasteiger partial charge < -0.3 is 15.0 Å². The van der Waals surface area contributed by atoms with Gasteiger partial charge in [-0.2, -0.15) is 0 Å². The molecule has 36 heavy (non-hydrogen) atoms. The molecule has 3 aromatic rings. The highest BCUT2D eigenvalue weighted by Crippen LogP contribution is 2.23. The molecule has 0 heterocycles. The van der Waals surface area contributed by atoms with E-state index in [1.807, 2.05) is 81.4 Å². The molecule has 0 saturated carbocycles. The van der Waals surface area contributed by atoms with Gasteiger partial charge in [-0.15, -0.1) is 0 Å². The summed E-state index contributed by atoms with van der Waals surface area (Å²) in [6.07, 6.45) is 1.16. The first-order chi connectivity index (χ1) is 17.3. The zero-order valence-corrected chi connectivity index (χ0v) is 23.2. The number of carbonyl (C=O) groups is 2. The Hall–Kier alpha value is -2.83. The third kappa shape index (κ3) is 7.84. The number of amides is 2. The van der Waals surface area contributed by atoms with Gasteiger partial charge in [-0.25, -0.2) is 0 Å². The number of carbonyl (C=O) groups excluding carboxylic acids is 2. The Labute approximate surface area is 226 Å². The fraction of sp³-hybridized carbons (Fsp3) is 0.310. The number of hydrogen-bond donors (Lipinski definition) is 1. The lowest BCUT2D eigenvalue weighted by molar-refractivity contribution is -0.143. The second-order valence-corrected chi connectivity index (χ2v) is 10.1. The van der Waals surface area contributed by atoms with Crippen LogP contribution in [0.1, 0.15) is 37.0 Å². The SMILES string of the molecule is CC[C@@H](C)NC(=O)[C@@H](Cc1ccccc1)N(Cc1ccccc1Cl)C(=O)COc1ccc(Br)c(C)c1. The molecule has 1 N–H and O–H groups in total. The third-order valence-electron chi connectivity index (χ3n) is 6.06. The first-order valence-corrected chi connectivity index (χ1v) is 13.2. The van der Waals surface area contributed by atoms with Crippen LogP contribution in [0, 0.1) is 6.92 Å². The second-order valence-electron chi connectivity index (χ2n) is 8.84. The Morgan fingerprint density at radius 3 is 2.42 bits per heavy atom. The molecular weight excluding hydrogens is 540 g/mol. The van der Waals surface area contributed by atoms with Crippen molar-refractivity contribution in [2.24, 2.45) is 0 Å². The Kier molecular flexibility index (Phi) is 10.4. The maximum Gasteiger partial charge on any atom is 0.261 e. The summed E-state index contributed by atoms with van der Waals surface area (Å²) in [7, 11) is 0. The molecule has 2 amide bonds. The molecule has 0 fully saturated rings. The van der Waals surface area contributed by atoms with Gasteiger partial charge in [0.15, 0.2) is 6.61 Å². The average Bonchev–Trinajstić information content (AvgIpc) is 2.88. The molecule has 0 radical (unpaired) electrons. The monoisotopic (exact) mass is 570 g/mol. The number of rotatable bonds is 11. The molecule has 0 unspecified atom stereocenters. The van der Waals surface area contributed by atoms with E-state index in [1.165, 1.54) is 0 Å². The summed E-state index contributed by atoms with van der Waals surface area (Å²) in [5.41, 5.74) is 2.73. The minimum absolute atomic E-state index is 0.0185. The van der Waals surface area contributed by atoms with Gasteiger partial charge in [-0.3, -0.25) is 9.59 Å². The van der Waals surface area contributed by atoms with Crippen molar-refractivity contribution >= 4 is 39.3 Å². The molecule has 0 aliphatic carbocycles. The molecule has 2 atom stereocenters. The minimum Gasteiger partial charge on any atom is -0.484 e. The number of aryl methyl sites for hydroxylation is 1. The van der Waals surface area contributed by atoms with Gasteiger partial charge in [-0.1, -0.05) is 83.0 Å². The lowest BCUT2D eigenvalue weighted by atomic mass is 10.0. The standard InChI is InChI=1S/C29H32BrClN2O3/c1-4-21(3)32-29(35)27(17-22-10-6-5-7-11-22)33(18-23-12-8-9-13-26(23)31)28(34)19-36-24-14-15-25(30)20(2)16-24/h5-16,21,27H,4,17-19H2,1-3H3,(H,32,35)/t21-,27-/m1/s1. The van der Waals surface area contributed by atoms with Crippen LogP contribution < -0.4 is 10.1 Å². The summed E-state index contributed by atoms with van der Waals surface area (Å²) in [4.78, 5) is 28.7. The molecule has 0 bridgehead atoms. The van der Waals surface area contributed by atoms with Gasteiger partial charge >= 0.3 is 0 Å². The lowest BCUT2D eigenvalue weighted by Crippen LogP contribution is -2.53. The summed E-state index contributed by atoms with van der Waals surface area (Å²) in [5, 5.41) is 3.60. The Morgan fingerprint density at radius 1 is 1.06 bits per heavy atom. The van der Waals surface area contributed by atoms with E-state index in [0.29, 0.717) is 17.2 Å². The average molecular weight is 572 g/mol. The van der Waals surface area contributed by atoms with Gasteiger partial charge in [0.25, 0.3) is 5.91 Å². The molecule has 0 saturated heterocycles. The third-order valence-corrected chi connectivity index (χ3v) is 7.32. The van der Waals surface area contributed by atoms with Crippen LogP contribution in [0.4, 0.5) is 0 Å². The Balaban J connectivity index is 1.92. The summed E-state index contributed by atoms with van der Waals surface area (Å²) in [6.45, 7) is 5.91. The van der Waals surface area contributed by atoms with E-state index < -0.39 is 6.04 Å². The molecule has 190 valence electrons. The fourth-order valence-corrected chi connectivity index (χ4v) is 4.18. The highest BCUT2D eigenvalue weighted by Gasteiger charge is 2.31. The topological polar surface area (TPSA) is 58.6 Å². The first kappa shape index (κ1) is 27.8. The Bertz CT molecular complexity index is 1170. The van der Waals surface area contributed by atoms with Gasteiger partial charge in [0.2, 0.25) is 5.91 Å². The van der Waals surface area contributed by atoms with Gasteiger partial charge in [-0.05, 0) is 61.2 Å². The van der Waals surface area contributed by atoms with Gasteiger partial charge in [0.05, 0.1) is 0 Å². The van der Waals surface area contributed by atoms with E-state index >= 15 is 0 Å². The van der Waals surface area contributed by atoms with E-state index in [1.54, 1.807) is 17.0 Å². The molecule has 3 rings (SSSR count). The number of benzene rings is 3. The smallest absolute Gasteiger partial charge is 0.261 e. The predicted molar refractivity (Wildman–Crippen MR) is 148 cm³/mol. The summed E-state index contributed by atoms with van der Waals surface area (Å²) < 4.78 is 6.82. The van der Waals surface area contributed by atoms with E-state index in [2.05, 4.69) is 21.2 Å². The van der Waals surface area contributed by atoms with E-state index in [-0.39, 0.29) is 31.0 Å². The quantitative estimate of drug-likeness (QED) is 0.292. The molecule has 0 aliphatic rings. The summed E-state index contributed by atoms with van der Waals surface area (Å²) >= 11 is 9.94. The highest BCUT2D eigenvalue weighted by molar-refractivity contribution is 9.10. The normalized spacial score (nSPS) is 12.5. The van der Waals surface area contributed by atoms with Crippen LogP contribution in [0.5, 0.6) is 5.75 Å². The molecule has 0 aliphatic heterocycles. The van der Waals surface area contributed by atoms with Crippen molar-refractivity contribution in [1.29, 1.82) is 0 Å². The van der Waals surface area contributed by atoms with Crippen LogP contribution in [0.2, 0.25) is 5.02 Å². The second kappa shape index (κ2) is 13.5. The van der Waals surface area contributed by atoms with Crippen LogP contribution in [0.3, 0.4) is 0 Å². The number of hydrogen-bond acceptors (Lipinski definition) is 3.